The van der Waals surface area contributed by atoms with Crippen molar-refractivity contribution >= 4 is 5.97 Å². The molecule has 4 heteroatoms. The van der Waals surface area contributed by atoms with Crippen molar-refractivity contribution in [1.82, 2.24) is 9.78 Å². The first kappa shape index (κ1) is 14.1. The van der Waals surface area contributed by atoms with Gasteiger partial charge < -0.3 is 9.90 Å². The van der Waals surface area contributed by atoms with E-state index in [0.29, 0.717) is 12.2 Å². The SMILES string of the molecule is Cc1ccc(-c2nn(Cc3ccccc3)cc2C(=O)[O-])cc1. The summed E-state index contributed by atoms with van der Waals surface area (Å²) < 4.78 is 1.63. The Labute approximate surface area is 128 Å². The molecule has 0 radical (unpaired) electrons. The van der Waals surface area contributed by atoms with Crippen LogP contribution in [0.25, 0.3) is 11.3 Å². The van der Waals surface area contributed by atoms with Gasteiger partial charge in [-0.25, -0.2) is 0 Å². The molecule has 3 rings (SSSR count). The topological polar surface area (TPSA) is 58.0 Å². The van der Waals surface area contributed by atoms with Crippen LogP contribution in [0.3, 0.4) is 0 Å². The molecule has 0 aliphatic heterocycles. The number of carboxylic acids is 1. The second kappa shape index (κ2) is 5.85. The van der Waals surface area contributed by atoms with Crippen molar-refractivity contribution in [3.8, 4) is 11.3 Å². The summed E-state index contributed by atoms with van der Waals surface area (Å²) in [6, 6.07) is 17.4. The lowest BCUT2D eigenvalue weighted by Crippen LogP contribution is -2.22. The Balaban J connectivity index is 1.99. The molecule has 1 heterocycles. The number of carbonyl (C=O) groups is 1. The summed E-state index contributed by atoms with van der Waals surface area (Å²) in [5.74, 6) is -1.21. The van der Waals surface area contributed by atoms with Crippen LogP contribution in [0.4, 0.5) is 0 Å². The van der Waals surface area contributed by atoms with Crippen molar-refractivity contribution in [3.63, 3.8) is 0 Å². The van der Waals surface area contributed by atoms with Gasteiger partial charge in [0, 0.05) is 17.3 Å². The maximum Gasteiger partial charge on any atom is 0.101 e. The quantitative estimate of drug-likeness (QED) is 0.741. The van der Waals surface area contributed by atoms with E-state index in [1.54, 1.807) is 4.68 Å². The predicted octanol–water partition coefficient (Wildman–Crippen LogP) is 2.27. The number of aromatic nitrogens is 2. The summed E-state index contributed by atoms with van der Waals surface area (Å²) in [6.45, 7) is 2.50. The highest BCUT2D eigenvalue weighted by Gasteiger charge is 2.12. The van der Waals surface area contributed by atoms with Crippen molar-refractivity contribution in [2.24, 2.45) is 0 Å². The maximum atomic E-state index is 11.4. The highest BCUT2D eigenvalue weighted by molar-refractivity contribution is 5.93. The molecule has 1 aromatic heterocycles. The summed E-state index contributed by atoms with van der Waals surface area (Å²) in [5.41, 5.74) is 3.50. The molecule has 2 aromatic carbocycles. The van der Waals surface area contributed by atoms with Crippen LogP contribution in [0.1, 0.15) is 21.5 Å². The van der Waals surface area contributed by atoms with E-state index in [0.717, 1.165) is 16.7 Å². The van der Waals surface area contributed by atoms with Gasteiger partial charge in [-0.15, -0.1) is 0 Å². The molecule has 0 aliphatic rings. The largest absolute Gasteiger partial charge is 0.545 e. The van der Waals surface area contributed by atoms with Crippen molar-refractivity contribution in [3.05, 3.63) is 77.5 Å². The van der Waals surface area contributed by atoms with Gasteiger partial charge in [0.05, 0.1) is 12.5 Å². The van der Waals surface area contributed by atoms with E-state index in [9.17, 15) is 9.90 Å². The molecule has 0 spiro atoms. The lowest BCUT2D eigenvalue weighted by atomic mass is 10.1. The number of hydrogen-bond donors (Lipinski definition) is 0. The van der Waals surface area contributed by atoms with Crippen LogP contribution in [0.2, 0.25) is 0 Å². The van der Waals surface area contributed by atoms with Crippen LogP contribution in [-0.2, 0) is 6.54 Å². The van der Waals surface area contributed by atoms with Crippen molar-refractivity contribution < 1.29 is 9.90 Å². The Morgan fingerprint density at radius 3 is 2.41 bits per heavy atom. The second-order valence-electron chi connectivity index (χ2n) is 5.23. The Hall–Kier alpha value is -2.88. The molecule has 0 amide bonds. The molecule has 22 heavy (non-hydrogen) atoms. The van der Waals surface area contributed by atoms with Gasteiger partial charge in [0.15, 0.2) is 0 Å². The Bertz CT molecular complexity index is 790. The third-order valence-electron chi connectivity index (χ3n) is 3.49. The normalized spacial score (nSPS) is 10.6. The molecule has 3 aromatic rings. The van der Waals surface area contributed by atoms with E-state index < -0.39 is 5.97 Å². The first-order valence-corrected chi connectivity index (χ1v) is 7.03. The van der Waals surface area contributed by atoms with Gasteiger partial charge in [-0.05, 0) is 12.5 Å². The molecule has 0 unspecified atom stereocenters. The molecule has 0 saturated carbocycles. The van der Waals surface area contributed by atoms with E-state index in [4.69, 9.17) is 0 Å². The van der Waals surface area contributed by atoms with E-state index in [1.165, 1.54) is 6.20 Å². The van der Waals surface area contributed by atoms with Crippen LogP contribution in [0, 0.1) is 6.92 Å². The summed E-state index contributed by atoms with van der Waals surface area (Å²) in [6.07, 6.45) is 1.53. The van der Waals surface area contributed by atoms with Crippen LogP contribution >= 0.6 is 0 Å². The van der Waals surface area contributed by atoms with Crippen LogP contribution in [0.5, 0.6) is 0 Å². The van der Waals surface area contributed by atoms with Crippen molar-refractivity contribution in [2.75, 3.05) is 0 Å². The third kappa shape index (κ3) is 2.91. The second-order valence-corrected chi connectivity index (χ2v) is 5.23. The van der Waals surface area contributed by atoms with Gasteiger partial charge in [0.1, 0.15) is 5.69 Å². The van der Waals surface area contributed by atoms with Crippen molar-refractivity contribution in [2.45, 2.75) is 13.5 Å². The minimum Gasteiger partial charge on any atom is -0.545 e. The molecule has 0 atom stereocenters. The highest BCUT2D eigenvalue weighted by atomic mass is 16.4. The number of carboxylic acid groups (broad SMARTS) is 1. The number of rotatable bonds is 4. The molecule has 4 nitrogen and oxygen atoms in total. The highest BCUT2D eigenvalue weighted by Crippen LogP contribution is 2.22. The van der Waals surface area contributed by atoms with Gasteiger partial charge in [-0.3, -0.25) is 4.68 Å². The molecule has 110 valence electrons. The minimum absolute atomic E-state index is 0.111. The molecule has 0 N–H and O–H groups in total. The van der Waals surface area contributed by atoms with E-state index in [2.05, 4.69) is 5.10 Å². The average Bonchev–Trinajstić information content (AvgIpc) is 2.93. The Kier molecular flexibility index (Phi) is 3.74. The number of hydrogen-bond acceptors (Lipinski definition) is 3. The number of aromatic carboxylic acids is 1. The summed E-state index contributed by atoms with van der Waals surface area (Å²) in [4.78, 5) is 11.4. The first-order chi connectivity index (χ1) is 10.6. The lowest BCUT2D eigenvalue weighted by molar-refractivity contribution is -0.254. The van der Waals surface area contributed by atoms with Gasteiger partial charge in [0.2, 0.25) is 0 Å². The molecular formula is C18H15N2O2-. The zero-order valence-corrected chi connectivity index (χ0v) is 12.2. The fraction of sp³-hybridized carbons (Fsp3) is 0.111. The average molecular weight is 291 g/mol. The Morgan fingerprint density at radius 1 is 1.09 bits per heavy atom. The third-order valence-corrected chi connectivity index (χ3v) is 3.49. The summed E-state index contributed by atoms with van der Waals surface area (Å²) in [7, 11) is 0. The van der Waals surface area contributed by atoms with E-state index >= 15 is 0 Å². The zero-order valence-electron chi connectivity index (χ0n) is 12.2. The van der Waals surface area contributed by atoms with Gasteiger partial charge >= 0.3 is 0 Å². The number of aryl methyl sites for hydroxylation is 1. The molecule has 0 bridgehead atoms. The van der Waals surface area contributed by atoms with Crippen molar-refractivity contribution in [1.29, 1.82) is 0 Å². The number of carbonyl (C=O) groups excluding carboxylic acids is 1. The van der Waals surface area contributed by atoms with Crippen LogP contribution in [-0.4, -0.2) is 15.7 Å². The first-order valence-electron chi connectivity index (χ1n) is 7.03. The smallest absolute Gasteiger partial charge is 0.101 e. The molecule has 0 aliphatic carbocycles. The standard InChI is InChI=1S/C18H16N2O2/c1-13-7-9-15(10-8-13)17-16(18(21)22)12-20(19-17)11-14-5-3-2-4-6-14/h2-10,12H,11H2,1H3,(H,21,22)/p-1. The minimum atomic E-state index is -1.21. The maximum absolute atomic E-state index is 11.4. The monoisotopic (exact) mass is 291 g/mol. The van der Waals surface area contributed by atoms with Gasteiger partial charge in [0.25, 0.3) is 0 Å². The van der Waals surface area contributed by atoms with Gasteiger partial charge in [-0.1, -0.05) is 60.2 Å². The molecule has 0 fully saturated rings. The number of benzene rings is 2. The fourth-order valence-corrected chi connectivity index (χ4v) is 2.35. The zero-order chi connectivity index (χ0) is 15.5. The summed E-state index contributed by atoms with van der Waals surface area (Å²) >= 11 is 0. The summed E-state index contributed by atoms with van der Waals surface area (Å²) in [5, 5.41) is 15.8. The van der Waals surface area contributed by atoms with E-state index in [1.807, 2.05) is 61.5 Å². The molecule has 0 saturated heterocycles. The Morgan fingerprint density at radius 2 is 1.77 bits per heavy atom. The molecular weight excluding hydrogens is 276 g/mol. The fourth-order valence-electron chi connectivity index (χ4n) is 2.35. The lowest BCUT2D eigenvalue weighted by Gasteiger charge is -2.03. The van der Waals surface area contributed by atoms with E-state index in [-0.39, 0.29) is 5.56 Å². The predicted molar refractivity (Wildman–Crippen MR) is 82.3 cm³/mol. The van der Waals surface area contributed by atoms with Crippen LogP contribution < -0.4 is 5.11 Å². The number of nitrogens with zero attached hydrogens (tertiary/aromatic N) is 2. The van der Waals surface area contributed by atoms with Gasteiger partial charge in [-0.2, -0.15) is 5.10 Å². The van der Waals surface area contributed by atoms with Crippen LogP contribution in [0.15, 0.2) is 60.8 Å².